The van der Waals surface area contributed by atoms with E-state index in [1.54, 1.807) is 0 Å². The van der Waals surface area contributed by atoms with Crippen LogP contribution >= 0.6 is 22.6 Å². The van der Waals surface area contributed by atoms with Gasteiger partial charge in [0.05, 0.1) is 10.5 Å². The number of aliphatic hydroxyl groups is 1. The molecule has 0 aliphatic heterocycles. The van der Waals surface area contributed by atoms with Gasteiger partial charge in [-0.3, -0.25) is 4.79 Å². The predicted molar refractivity (Wildman–Crippen MR) is 67.0 cm³/mol. The molecule has 3 unspecified atom stereocenters. The van der Waals surface area contributed by atoms with E-state index in [0.717, 1.165) is 25.7 Å². The van der Waals surface area contributed by atoms with E-state index in [1.807, 2.05) is 22.6 Å². The molecule has 0 amide bonds. The second-order valence-electron chi connectivity index (χ2n) is 4.20. The first kappa shape index (κ1) is 13.2. The molecule has 88 valence electrons. The fourth-order valence-corrected chi connectivity index (χ4v) is 2.39. The van der Waals surface area contributed by atoms with Crippen LogP contribution in [-0.4, -0.2) is 27.7 Å². The smallest absolute Gasteiger partial charge is 0.316 e. The minimum atomic E-state index is -0.456. The van der Waals surface area contributed by atoms with Crippen LogP contribution in [0.1, 0.15) is 39.0 Å². The highest BCUT2D eigenvalue weighted by Crippen LogP contribution is 2.29. The lowest BCUT2D eigenvalue weighted by Gasteiger charge is -2.32. The number of hydrogen-bond donors (Lipinski definition) is 1. The summed E-state index contributed by atoms with van der Waals surface area (Å²) in [6.45, 7) is 2.16. The molecular formula is C11H19IO3. The van der Waals surface area contributed by atoms with Crippen LogP contribution in [0, 0.1) is 5.92 Å². The number of esters is 1. The summed E-state index contributed by atoms with van der Waals surface area (Å²) in [6.07, 6.45) is 4.29. The first-order valence-corrected chi connectivity index (χ1v) is 7.13. The van der Waals surface area contributed by atoms with E-state index in [2.05, 4.69) is 6.92 Å². The van der Waals surface area contributed by atoms with Crippen LogP contribution in [0.2, 0.25) is 0 Å². The lowest BCUT2D eigenvalue weighted by Crippen LogP contribution is -2.37. The SMILES string of the molecule is CCCC1CCC(OC(=O)CI)C(O)C1. The van der Waals surface area contributed by atoms with Crippen LogP contribution in [0.4, 0.5) is 0 Å². The van der Waals surface area contributed by atoms with Gasteiger partial charge in [-0.25, -0.2) is 0 Å². The average molecular weight is 326 g/mol. The summed E-state index contributed by atoms with van der Waals surface area (Å²) in [5.74, 6) is 0.396. The van der Waals surface area contributed by atoms with Crippen LogP contribution in [0.5, 0.6) is 0 Å². The Hall–Kier alpha value is 0.160. The van der Waals surface area contributed by atoms with Crippen LogP contribution in [0.15, 0.2) is 0 Å². The molecule has 0 aromatic carbocycles. The fraction of sp³-hybridized carbons (Fsp3) is 0.909. The minimum absolute atomic E-state index is 0.214. The maximum absolute atomic E-state index is 11.1. The molecule has 0 heterocycles. The quantitative estimate of drug-likeness (QED) is 0.490. The largest absolute Gasteiger partial charge is 0.459 e. The number of aliphatic hydroxyl groups excluding tert-OH is 1. The average Bonchev–Trinajstić information content (AvgIpc) is 2.22. The molecule has 0 spiro atoms. The first-order chi connectivity index (χ1) is 7.17. The van der Waals surface area contributed by atoms with E-state index in [1.165, 1.54) is 6.42 Å². The fourth-order valence-electron chi connectivity index (χ4n) is 2.21. The van der Waals surface area contributed by atoms with Crippen LogP contribution in [0.25, 0.3) is 0 Å². The number of halogens is 1. The summed E-state index contributed by atoms with van der Waals surface area (Å²) >= 11 is 1.98. The molecule has 0 aromatic heterocycles. The standard InChI is InChI=1S/C11H19IO3/c1-2-3-8-4-5-10(9(13)6-8)15-11(14)7-12/h8-10,13H,2-7H2,1H3. The summed E-state index contributed by atoms with van der Waals surface area (Å²) in [5.41, 5.74) is 0. The number of rotatable bonds is 4. The van der Waals surface area contributed by atoms with Crippen molar-refractivity contribution in [3.05, 3.63) is 0 Å². The Morgan fingerprint density at radius 2 is 2.27 bits per heavy atom. The third-order valence-electron chi connectivity index (χ3n) is 2.95. The molecule has 1 rings (SSSR count). The highest BCUT2D eigenvalue weighted by atomic mass is 127. The molecule has 3 atom stereocenters. The van der Waals surface area contributed by atoms with Gasteiger partial charge < -0.3 is 9.84 Å². The van der Waals surface area contributed by atoms with Gasteiger partial charge in [0.15, 0.2) is 0 Å². The molecule has 1 aliphatic rings. The maximum atomic E-state index is 11.1. The number of carbonyl (C=O) groups is 1. The number of ether oxygens (including phenoxy) is 1. The predicted octanol–water partition coefficient (Wildman–Crippen LogP) is 2.29. The highest BCUT2D eigenvalue weighted by molar-refractivity contribution is 14.1. The van der Waals surface area contributed by atoms with Gasteiger partial charge in [0.2, 0.25) is 0 Å². The van der Waals surface area contributed by atoms with Gasteiger partial charge in [-0.15, -0.1) is 0 Å². The van der Waals surface area contributed by atoms with E-state index in [-0.39, 0.29) is 12.1 Å². The Labute approximate surface area is 105 Å². The second-order valence-corrected chi connectivity index (χ2v) is 4.96. The molecular weight excluding hydrogens is 307 g/mol. The molecule has 0 bridgehead atoms. The molecule has 1 fully saturated rings. The van der Waals surface area contributed by atoms with Crippen LogP contribution in [-0.2, 0) is 9.53 Å². The Balaban J connectivity index is 2.35. The molecule has 0 radical (unpaired) electrons. The summed E-state index contributed by atoms with van der Waals surface area (Å²) in [4.78, 5) is 11.1. The lowest BCUT2D eigenvalue weighted by atomic mass is 9.83. The van der Waals surface area contributed by atoms with Gasteiger partial charge in [-0.1, -0.05) is 42.4 Å². The zero-order valence-corrected chi connectivity index (χ0v) is 11.3. The van der Waals surface area contributed by atoms with E-state index < -0.39 is 6.10 Å². The lowest BCUT2D eigenvalue weighted by molar-refractivity contribution is -0.155. The van der Waals surface area contributed by atoms with E-state index in [0.29, 0.717) is 10.3 Å². The van der Waals surface area contributed by atoms with E-state index in [9.17, 15) is 9.90 Å². The number of alkyl halides is 1. The molecule has 1 saturated carbocycles. The van der Waals surface area contributed by atoms with Crippen molar-refractivity contribution in [3.63, 3.8) is 0 Å². The van der Waals surface area contributed by atoms with Crippen molar-refractivity contribution >= 4 is 28.6 Å². The van der Waals surface area contributed by atoms with Gasteiger partial charge in [0.25, 0.3) is 0 Å². The van der Waals surface area contributed by atoms with Crippen LogP contribution < -0.4 is 0 Å². The zero-order valence-electron chi connectivity index (χ0n) is 9.12. The molecule has 1 N–H and O–H groups in total. The summed E-state index contributed by atoms with van der Waals surface area (Å²) in [5, 5.41) is 9.83. The Bertz CT molecular complexity index is 208. The van der Waals surface area contributed by atoms with Crippen molar-refractivity contribution in [2.75, 3.05) is 4.43 Å². The van der Waals surface area contributed by atoms with E-state index >= 15 is 0 Å². The Morgan fingerprint density at radius 3 is 2.80 bits per heavy atom. The molecule has 0 saturated heterocycles. The second kappa shape index (κ2) is 6.68. The van der Waals surface area contributed by atoms with Crippen molar-refractivity contribution in [2.24, 2.45) is 5.92 Å². The molecule has 15 heavy (non-hydrogen) atoms. The van der Waals surface area contributed by atoms with Crippen molar-refractivity contribution in [2.45, 2.75) is 51.2 Å². The normalized spacial score (nSPS) is 31.3. The minimum Gasteiger partial charge on any atom is -0.459 e. The Morgan fingerprint density at radius 1 is 1.53 bits per heavy atom. The van der Waals surface area contributed by atoms with Gasteiger partial charge in [-0.05, 0) is 25.2 Å². The highest BCUT2D eigenvalue weighted by Gasteiger charge is 2.30. The first-order valence-electron chi connectivity index (χ1n) is 5.60. The third-order valence-corrected chi connectivity index (χ3v) is 3.58. The van der Waals surface area contributed by atoms with Gasteiger partial charge in [-0.2, -0.15) is 0 Å². The summed E-state index contributed by atoms with van der Waals surface area (Å²) in [7, 11) is 0. The van der Waals surface area contributed by atoms with Gasteiger partial charge >= 0.3 is 5.97 Å². The molecule has 3 nitrogen and oxygen atoms in total. The monoisotopic (exact) mass is 326 g/mol. The van der Waals surface area contributed by atoms with E-state index in [4.69, 9.17) is 4.74 Å². The van der Waals surface area contributed by atoms with Crippen molar-refractivity contribution < 1.29 is 14.6 Å². The van der Waals surface area contributed by atoms with Gasteiger partial charge in [0, 0.05) is 0 Å². The summed E-state index contributed by atoms with van der Waals surface area (Å²) in [6, 6.07) is 0. The number of hydrogen-bond acceptors (Lipinski definition) is 3. The number of carbonyl (C=O) groups excluding carboxylic acids is 1. The molecule has 1 aliphatic carbocycles. The summed E-state index contributed by atoms with van der Waals surface area (Å²) < 4.78 is 5.54. The molecule has 4 heteroatoms. The van der Waals surface area contributed by atoms with Crippen molar-refractivity contribution in [1.29, 1.82) is 0 Å². The maximum Gasteiger partial charge on any atom is 0.316 e. The Kier molecular flexibility index (Phi) is 5.89. The third kappa shape index (κ3) is 4.26. The zero-order chi connectivity index (χ0) is 11.3. The molecule has 0 aromatic rings. The van der Waals surface area contributed by atoms with Crippen LogP contribution in [0.3, 0.4) is 0 Å². The van der Waals surface area contributed by atoms with Crippen molar-refractivity contribution in [1.82, 2.24) is 0 Å². The van der Waals surface area contributed by atoms with Gasteiger partial charge in [0.1, 0.15) is 6.10 Å². The van der Waals surface area contributed by atoms with Crippen molar-refractivity contribution in [3.8, 4) is 0 Å². The topological polar surface area (TPSA) is 46.5 Å².